The van der Waals surface area contributed by atoms with E-state index in [2.05, 4.69) is 19.8 Å². The van der Waals surface area contributed by atoms with Crippen LogP contribution in [0.5, 0.6) is 0 Å². The quantitative estimate of drug-likeness (QED) is 0.631. The second kappa shape index (κ2) is 5.19. The second-order valence-electron chi connectivity index (χ2n) is 4.84. The molecular weight excluding hydrogens is 298 g/mol. The molecule has 3 aromatic heterocycles. The van der Waals surface area contributed by atoms with Gasteiger partial charge in [0.25, 0.3) is 0 Å². The summed E-state index contributed by atoms with van der Waals surface area (Å²) < 4.78 is 6.86. The summed E-state index contributed by atoms with van der Waals surface area (Å²) >= 11 is 1.44. The highest BCUT2D eigenvalue weighted by atomic mass is 32.1. The van der Waals surface area contributed by atoms with Crippen LogP contribution in [0.25, 0.3) is 21.1 Å². The van der Waals surface area contributed by atoms with Crippen LogP contribution in [0.4, 0.5) is 5.69 Å². The van der Waals surface area contributed by atoms with Crippen molar-refractivity contribution >= 4 is 44.2 Å². The Morgan fingerprint density at radius 1 is 1.27 bits per heavy atom. The first-order valence-corrected chi connectivity index (χ1v) is 7.48. The highest BCUT2D eigenvalue weighted by Crippen LogP contribution is 2.22. The molecule has 4 rings (SSSR count). The Bertz CT molecular complexity index is 974. The fourth-order valence-corrected chi connectivity index (χ4v) is 2.95. The van der Waals surface area contributed by atoms with Gasteiger partial charge in [-0.15, -0.1) is 0 Å². The minimum atomic E-state index is -0.128. The second-order valence-corrected chi connectivity index (χ2v) is 5.67. The normalized spacial score (nSPS) is 11.1. The number of carbonyl (C=O) groups is 1. The molecule has 7 heteroatoms. The first kappa shape index (κ1) is 12.9. The predicted octanol–water partition coefficient (Wildman–Crippen LogP) is 2.68. The number of carbonyl (C=O) groups excluding carboxylic acids is 1. The average molecular weight is 309 g/mol. The molecule has 0 unspecified atom stereocenters. The van der Waals surface area contributed by atoms with Gasteiger partial charge in [-0.2, -0.15) is 9.47 Å². The largest absolute Gasteiger partial charge is 0.324 e. The standard InChI is InChI=1S/C15H11N5OS/c21-15(9-20-13-2-1-5-16-12(13)8-17-20)19-11-3-4-14-10(6-11)7-18-22-14/h1-8H,9H2,(H,19,21). The van der Waals surface area contributed by atoms with Crippen LogP contribution in [0.1, 0.15) is 0 Å². The van der Waals surface area contributed by atoms with Gasteiger partial charge in [-0.25, -0.2) is 0 Å². The SMILES string of the molecule is O=C(Cn1ncc2ncccc21)Nc1ccc2sncc2c1. The summed E-state index contributed by atoms with van der Waals surface area (Å²) in [7, 11) is 0. The van der Waals surface area contributed by atoms with E-state index in [4.69, 9.17) is 0 Å². The van der Waals surface area contributed by atoms with Gasteiger partial charge in [-0.05, 0) is 41.9 Å². The van der Waals surface area contributed by atoms with Crippen LogP contribution in [0.3, 0.4) is 0 Å². The summed E-state index contributed by atoms with van der Waals surface area (Å²) in [5.74, 6) is -0.128. The Hall–Kier alpha value is -2.80. The van der Waals surface area contributed by atoms with Crippen molar-refractivity contribution in [3.63, 3.8) is 0 Å². The monoisotopic (exact) mass is 309 g/mol. The molecule has 0 atom stereocenters. The lowest BCUT2D eigenvalue weighted by atomic mass is 10.2. The minimum absolute atomic E-state index is 0.128. The lowest BCUT2D eigenvalue weighted by Crippen LogP contribution is -2.19. The van der Waals surface area contributed by atoms with Crippen molar-refractivity contribution in [2.24, 2.45) is 0 Å². The molecule has 108 valence electrons. The molecule has 4 aromatic rings. The molecule has 0 saturated heterocycles. The van der Waals surface area contributed by atoms with Gasteiger partial charge in [0.1, 0.15) is 12.1 Å². The Balaban J connectivity index is 1.54. The summed E-state index contributed by atoms with van der Waals surface area (Å²) in [6, 6.07) is 9.47. The maximum atomic E-state index is 12.2. The molecule has 0 radical (unpaired) electrons. The Labute approximate surface area is 129 Å². The van der Waals surface area contributed by atoms with Crippen LogP contribution in [-0.4, -0.2) is 25.0 Å². The summed E-state index contributed by atoms with van der Waals surface area (Å²) in [5.41, 5.74) is 2.38. The van der Waals surface area contributed by atoms with Gasteiger partial charge >= 0.3 is 0 Å². The average Bonchev–Trinajstić information content (AvgIpc) is 3.14. The van der Waals surface area contributed by atoms with Crippen molar-refractivity contribution in [3.05, 3.63) is 48.9 Å². The highest BCUT2D eigenvalue weighted by Gasteiger charge is 2.09. The van der Waals surface area contributed by atoms with Crippen molar-refractivity contribution in [1.82, 2.24) is 19.1 Å². The summed E-state index contributed by atoms with van der Waals surface area (Å²) in [4.78, 5) is 16.4. The van der Waals surface area contributed by atoms with E-state index in [-0.39, 0.29) is 12.5 Å². The lowest BCUT2D eigenvalue weighted by molar-refractivity contribution is -0.116. The molecule has 6 nitrogen and oxygen atoms in total. The molecular formula is C15H11N5OS. The number of nitrogens with zero attached hydrogens (tertiary/aromatic N) is 4. The van der Waals surface area contributed by atoms with Gasteiger partial charge in [0.2, 0.25) is 5.91 Å². The van der Waals surface area contributed by atoms with Crippen LogP contribution < -0.4 is 5.32 Å². The molecule has 0 aliphatic heterocycles. The van der Waals surface area contributed by atoms with Crippen molar-refractivity contribution in [3.8, 4) is 0 Å². The van der Waals surface area contributed by atoms with E-state index in [1.165, 1.54) is 11.5 Å². The molecule has 0 aliphatic carbocycles. The van der Waals surface area contributed by atoms with E-state index in [9.17, 15) is 4.79 Å². The number of aromatic nitrogens is 4. The number of fused-ring (bicyclic) bond motifs is 2. The molecule has 1 amide bonds. The third kappa shape index (κ3) is 2.31. The van der Waals surface area contributed by atoms with Crippen LogP contribution in [0.15, 0.2) is 48.9 Å². The number of hydrogen-bond donors (Lipinski definition) is 1. The zero-order valence-corrected chi connectivity index (χ0v) is 12.2. The van der Waals surface area contributed by atoms with Crippen molar-refractivity contribution in [2.75, 3.05) is 5.32 Å². The van der Waals surface area contributed by atoms with Crippen LogP contribution >= 0.6 is 11.5 Å². The zero-order chi connectivity index (χ0) is 14.9. The lowest BCUT2D eigenvalue weighted by Gasteiger charge is -2.06. The number of hydrogen-bond acceptors (Lipinski definition) is 5. The first-order valence-electron chi connectivity index (χ1n) is 6.70. The number of nitrogens with one attached hydrogen (secondary N) is 1. The van der Waals surface area contributed by atoms with Gasteiger partial charge in [0, 0.05) is 23.5 Å². The van der Waals surface area contributed by atoms with Gasteiger partial charge < -0.3 is 5.32 Å². The Morgan fingerprint density at radius 3 is 3.18 bits per heavy atom. The molecule has 0 spiro atoms. The smallest absolute Gasteiger partial charge is 0.246 e. The molecule has 22 heavy (non-hydrogen) atoms. The van der Waals surface area contributed by atoms with E-state index in [0.717, 1.165) is 26.8 Å². The van der Waals surface area contributed by atoms with E-state index < -0.39 is 0 Å². The van der Waals surface area contributed by atoms with Crippen LogP contribution in [0, 0.1) is 0 Å². The van der Waals surface area contributed by atoms with Crippen molar-refractivity contribution in [2.45, 2.75) is 6.54 Å². The van der Waals surface area contributed by atoms with Gasteiger partial charge in [0.15, 0.2) is 0 Å². The molecule has 1 aromatic carbocycles. The number of rotatable bonds is 3. The zero-order valence-electron chi connectivity index (χ0n) is 11.4. The van der Waals surface area contributed by atoms with Gasteiger partial charge in [-0.1, -0.05) is 0 Å². The number of benzene rings is 1. The third-order valence-electron chi connectivity index (χ3n) is 3.34. The van der Waals surface area contributed by atoms with E-state index in [1.54, 1.807) is 23.3 Å². The van der Waals surface area contributed by atoms with Crippen LogP contribution in [-0.2, 0) is 11.3 Å². The van der Waals surface area contributed by atoms with Gasteiger partial charge in [0.05, 0.1) is 16.4 Å². The van der Waals surface area contributed by atoms with E-state index in [1.807, 2.05) is 30.3 Å². The predicted molar refractivity (Wildman–Crippen MR) is 85.8 cm³/mol. The molecule has 3 heterocycles. The Kier molecular flexibility index (Phi) is 3.05. The summed E-state index contributed by atoms with van der Waals surface area (Å²) in [5, 5.41) is 8.11. The maximum absolute atomic E-state index is 12.2. The topological polar surface area (TPSA) is 72.7 Å². The summed E-state index contributed by atoms with van der Waals surface area (Å²) in [6.45, 7) is 0.148. The molecule has 1 N–H and O–H groups in total. The Morgan fingerprint density at radius 2 is 2.23 bits per heavy atom. The highest BCUT2D eigenvalue weighted by molar-refractivity contribution is 7.13. The van der Waals surface area contributed by atoms with E-state index in [0.29, 0.717) is 0 Å². The fraction of sp³-hybridized carbons (Fsp3) is 0.0667. The maximum Gasteiger partial charge on any atom is 0.246 e. The van der Waals surface area contributed by atoms with Crippen molar-refractivity contribution < 1.29 is 4.79 Å². The molecule has 0 fully saturated rings. The van der Waals surface area contributed by atoms with Crippen LogP contribution in [0.2, 0.25) is 0 Å². The molecule has 0 bridgehead atoms. The summed E-state index contributed by atoms with van der Waals surface area (Å²) in [6.07, 6.45) is 5.16. The van der Waals surface area contributed by atoms with E-state index >= 15 is 0 Å². The first-order chi connectivity index (χ1) is 10.8. The third-order valence-corrected chi connectivity index (χ3v) is 4.12. The number of anilines is 1. The number of pyridine rings is 1. The van der Waals surface area contributed by atoms with Crippen molar-refractivity contribution in [1.29, 1.82) is 0 Å². The number of amides is 1. The minimum Gasteiger partial charge on any atom is -0.324 e. The fourth-order valence-electron chi connectivity index (χ4n) is 2.33. The molecule has 0 saturated carbocycles. The molecule has 0 aliphatic rings. The van der Waals surface area contributed by atoms with Gasteiger partial charge in [-0.3, -0.25) is 14.5 Å².